The lowest BCUT2D eigenvalue weighted by Crippen LogP contribution is -2.11. The first kappa shape index (κ1) is 13.3. The summed E-state index contributed by atoms with van der Waals surface area (Å²) in [6, 6.07) is 4.36. The van der Waals surface area contributed by atoms with E-state index in [1.807, 2.05) is 4.57 Å². The van der Waals surface area contributed by atoms with Gasteiger partial charge in [0, 0.05) is 35.6 Å². The Labute approximate surface area is 110 Å². The van der Waals surface area contributed by atoms with Crippen molar-refractivity contribution < 1.29 is 14.0 Å². The van der Waals surface area contributed by atoms with Crippen molar-refractivity contribution in [2.24, 2.45) is 5.73 Å². The monoisotopic (exact) mass is 262 g/mol. The molecule has 0 fully saturated rings. The summed E-state index contributed by atoms with van der Waals surface area (Å²) < 4.78 is 15.1. The Balaban J connectivity index is 2.38. The number of benzene rings is 1. The van der Waals surface area contributed by atoms with E-state index in [2.05, 4.69) is 0 Å². The van der Waals surface area contributed by atoms with Crippen LogP contribution in [0.15, 0.2) is 24.4 Å². The van der Waals surface area contributed by atoms with Crippen molar-refractivity contribution in [3.8, 4) is 0 Å². The molecule has 2 N–H and O–H groups in total. The molecule has 4 nitrogen and oxygen atoms in total. The normalized spacial score (nSPS) is 10.8. The summed E-state index contributed by atoms with van der Waals surface area (Å²) in [4.78, 5) is 22.3. The number of nitrogens with zero attached hydrogens (tertiary/aromatic N) is 1. The smallest absolute Gasteiger partial charge is 0.217 e. The Morgan fingerprint density at radius 2 is 2.11 bits per heavy atom. The highest BCUT2D eigenvalue weighted by Gasteiger charge is 2.12. The van der Waals surface area contributed by atoms with E-state index in [1.54, 1.807) is 12.3 Å². The van der Waals surface area contributed by atoms with Gasteiger partial charge in [0.05, 0.1) is 0 Å². The van der Waals surface area contributed by atoms with Gasteiger partial charge in [-0.1, -0.05) is 0 Å². The summed E-state index contributed by atoms with van der Waals surface area (Å²) in [5, 5.41) is 0.603. The van der Waals surface area contributed by atoms with Crippen LogP contribution in [0.2, 0.25) is 0 Å². The van der Waals surface area contributed by atoms with Gasteiger partial charge in [0.1, 0.15) is 5.82 Å². The zero-order valence-corrected chi connectivity index (χ0v) is 10.6. The Morgan fingerprint density at radius 1 is 1.37 bits per heavy atom. The maximum Gasteiger partial charge on any atom is 0.217 e. The lowest BCUT2D eigenvalue weighted by Gasteiger charge is -2.03. The van der Waals surface area contributed by atoms with Gasteiger partial charge in [0.2, 0.25) is 5.91 Å². The van der Waals surface area contributed by atoms with Crippen molar-refractivity contribution in [2.45, 2.75) is 26.3 Å². The first-order valence-corrected chi connectivity index (χ1v) is 6.06. The number of fused-ring (bicyclic) bond motifs is 1. The molecule has 0 spiro atoms. The van der Waals surface area contributed by atoms with Crippen LogP contribution in [0.25, 0.3) is 10.9 Å². The minimum atomic E-state index is -0.370. The van der Waals surface area contributed by atoms with Crippen molar-refractivity contribution in [1.29, 1.82) is 0 Å². The molecule has 0 saturated carbocycles. The van der Waals surface area contributed by atoms with E-state index < -0.39 is 0 Å². The van der Waals surface area contributed by atoms with Gasteiger partial charge in [-0.15, -0.1) is 0 Å². The van der Waals surface area contributed by atoms with Crippen molar-refractivity contribution in [3.63, 3.8) is 0 Å². The fourth-order valence-electron chi connectivity index (χ4n) is 2.16. The molecule has 19 heavy (non-hydrogen) atoms. The molecule has 0 radical (unpaired) electrons. The molecule has 5 heteroatoms. The molecule has 2 aromatic rings. The Hall–Kier alpha value is -2.17. The number of amides is 1. The van der Waals surface area contributed by atoms with E-state index in [0.717, 1.165) is 5.52 Å². The highest BCUT2D eigenvalue weighted by molar-refractivity contribution is 6.06. The first-order valence-electron chi connectivity index (χ1n) is 6.06. The molecule has 0 bridgehead atoms. The van der Waals surface area contributed by atoms with Gasteiger partial charge in [0.25, 0.3) is 0 Å². The predicted octanol–water partition coefficient (Wildman–Crippen LogP) is 2.25. The molecule has 0 aliphatic carbocycles. The predicted molar refractivity (Wildman–Crippen MR) is 70.3 cm³/mol. The van der Waals surface area contributed by atoms with Crippen LogP contribution in [-0.4, -0.2) is 16.3 Å². The second-order valence-corrected chi connectivity index (χ2v) is 4.52. The second kappa shape index (κ2) is 5.22. The van der Waals surface area contributed by atoms with Crippen LogP contribution in [0.5, 0.6) is 0 Å². The van der Waals surface area contributed by atoms with Crippen LogP contribution in [0, 0.1) is 5.82 Å². The molecule has 0 saturated heterocycles. The summed E-state index contributed by atoms with van der Waals surface area (Å²) in [6.07, 6.45) is 2.58. The van der Waals surface area contributed by atoms with E-state index in [-0.39, 0.29) is 23.9 Å². The number of hydrogen-bond donors (Lipinski definition) is 1. The molecule has 1 aromatic heterocycles. The minimum absolute atomic E-state index is 0.107. The van der Waals surface area contributed by atoms with Gasteiger partial charge in [-0.3, -0.25) is 9.59 Å². The van der Waals surface area contributed by atoms with Crippen LogP contribution < -0.4 is 5.73 Å². The van der Waals surface area contributed by atoms with E-state index in [4.69, 9.17) is 5.73 Å². The third-order valence-corrected chi connectivity index (χ3v) is 3.04. The lowest BCUT2D eigenvalue weighted by atomic mass is 10.1. The van der Waals surface area contributed by atoms with Gasteiger partial charge < -0.3 is 10.3 Å². The molecule has 0 aliphatic heterocycles. The maximum atomic E-state index is 13.3. The summed E-state index contributed by atoms with van der Waals surface area (Å²) in [7, 11) is 0. The number of aryl methyl sites for hydroxylation is 1. The maximum absolute atomic E-state index is 13.3. The minimum Gasteiger partial charge on any atom is -0.370 e. The first-order chi connectivity index (χ1) is 8.99. The van der Waals surface area contributed by atoms with Gasteiger partial charge in [0.15, 0.2) is 5.78 Å². The molecular formula is C14H15FN2O2. The highest BCUT2D eigenvalue weighted by atomic mass is 19.1. The van der Waals surface area contributed by atoms with Crippen molar-refractivity contribution in [3.05, 3.63) is 35.8 Å². The Kier molecular flexibility index (Phi) is 3.64. The molecular weight excluding hydrogens is 247 g/mol. The average Bonchev–Trinajstić information content (AvgIpc) is 2.67. The lowest BCUT2D eigenvalue weighted by molar-refractivity contribution is -0.118. The number of nitrogens with two attached hydrogens (primary N) is 1. The molecule has 1 aromatic carbocycles. The number of Topliss-reactive ketones (excluding diaryl/α,β-unsaturated/α-hetero) is 1. The molecule has 2 rings (SSSR count). The van der Waals surface area contributed by atoms with E-state index in [9.17, 15) is 14.0 Å². The summed E-state index contributed by atoms with van der Waals surface area (Å²) >= 11 is 0. The number of carbonyl (C=O) groups excluding carboxylic acids is 2. The fourth-order valence-corrected chi connectivity index (χ4v) is 2.16. The number of rotatable bonds is 5. The van der Waals surface area contributed by atoms with Crippen LogP contribution in [0.1, 0.15) is 30.1 Å². The molecule has 1 amide bonds. The van der Waals surface area contributed by atoms with Crippen molar-refractivity contribution >= 4 is 22.6 Å². The number of halogens is 1. The second-order valence-electron chi connectivity index (χ2n) is 4.52. The van der Waals surface area contributed by atoms with Crippen LogP contribution in [0.3, 0.4) is 0 Å². The molecule has 0 unspecified atom stereocenters. The van der Waals surface area contributed by atoms with Gasteiger partial charge in [-0.2, -0.15) is 0 Å². The number of hydrogen-bond acceptors (Lipinski definition) is 2. The molecule has 0 aliphatic rings. The SMILES string of the molecule is CC(=O)c1cn(CCCC(N)=O)c2ccc(F)cc12. The van der Waals surface area contributed by atoms with Crippen LogP contribution in [-0.2, 0) is 11.3 Å². The van der Waals surface area contributed by atoms with E-state index in [0.29, 0.717) is 23.9 Å². The number of primary amides is 1. The number of aromatic nitrogens is 1. The molecule has 1 heterocycles. The molecule has 100 valence electrons. The van der Waals surface area contributed by atoms with Crippen molar-refractivity contribution in [2.75, 3.05) is 0 Å². The Bertz CT molecular complexity index is 646. The quantitative estimate of drug-likeness (QED) is 0.840. The third-order valence-electron chi connectivity index (χ3n) is 3.04. The highest BCUT2D eigenvalue weighted by Crippen LogP contribution is 2.23. The Morgan fingerprint density at radius 3 is 2.74 bits per heavy atom. The van der Waals surface area contributed by atoms with Gasteiger partial charge in [-0.05, 0) is 31.5 Å². The van der Waals surface area contributed by atoms with Gasteiger partial charge >= 0.3 is 0 Å². The zero-order valence-electron chi connectivity index (χ0n) is 10.6. The summed E-state index contributed by atoms with van der Waals surface area (Å²) in [5.74, 6) is -0.830. The zero-order chi connectivity index (χ0) is 14.0. The topological polar surface area (TPSA) is 65.1 Å². The van der Waals surface area contributed by atoms with Crippen molar-refractivity contribution in [1.82, 2.24) is 4.57 Å². The summed E-state index contributed by atoms with van der Waals surface area (Å²) in [5.41, 5.74) is 6.37. The number of carbonyl (C=O) groups is 2. The third kappa shape index (κ3) is 2.81. The average molecular weight is 262 g/mol. The largest absolute Gasteiger partial charge is 0.370 e. The fraction of sp³-hybridized carbons (Fsp3) is 0.286. The van der Waals surface area contributed by atoms with E-state index in [1.165, 1.54) is 19.1 Å². The van der Waals surface area contributed by atoms with Gasteiger partial charge in [-0.25, -0.2) is 4.39 Å². The number of ketones is 1. The molecule has 0 atom stereocenters. The van der Waals surface area contributed by atoms with Crippen LogP contribution in [0.4, 0.5) is 4.39 Å². The van der Waals surface area contributed by atoms with E-state index >= 15 is 0 Å². The standard InChI is InChI=1S/C14H15FN2O2/c1-9(18)12-8-17(6-2-3-14(16)19)13-5-4-10(15)7-11(12)13/h4-5,7-8H,2-3,6H2,1H3,(H2,16,19). The van der Waals surface area contributed by atoms with Crippen LogP contribution >= 0.6 is 0 Å². The summed E-state index contributed by atoms with van der Waals surface area (Å²) in [6.45, 7) is 2.02.